The third-order valence-corrected chi connectivity index (χ3v) is 4.39. The Balaban J connectivity index is 1.73. The average Bonchev–Trinajstić information content (AvgIpc) is 3.02. The monoisotopic (exact) mass is 288 g/mol. The predicted octanol–water partition coefficient (Wildman–Crippen LogP) is 2.17. The molecule has 1 aromatic carbocycles. The number of nitrogens with one attached hydrogen (secondary N) is 1. The topological polar surface area (TPSA) is 80.9 Å². The van der Waals surface area contributed by atoms with Gasteiger partial charge in [-0.05, 0) is 30.5 Å². The highest BCUT2D eigenvalue weighted by molar-refractivity contribution is 7.15. The van der Waals surface area contributed by atoms with Crippen LogP contribution in [0.5, 0.6) is 0 Å². The number of hydrogen-bond donors (Lipinski definition) is 2. The lowest BCUT2D eigenvalue weighted by Gasteiger charge is -2.04. The van der Waals surface area contributed by atoms with Crippen LogP contribution >= 0.6 is 11.3 Å². The van der Waals surface area contributed by atoms with Crippen molar-refractivity contribution in [2.75, 3.05) is 5.32 Å². The average molecular weight is 288 g/mol. The maximum atomic E-state index is 12.2. The van der Waals surface area contributed by atoms with E-state index in [1.807, 2.05) is 25.1 Å². The number of aromatic nitrogens is 2. The lowest BCUT2D eigenvalue weighted by atomic mass is 10.1. The molecule has 5 nitrogen and oxygen atoms in total. The summed E-state index contributed by atoms with van der Waals surface area (Å²) in [7, 11) is 0. The molecule has 1 aromatic heterocycles. The van der Waals surface area contributed by atoms with Crippen molar-refractivity contribution in [2.24, 2.45) is 5.73 Å². The van der Waals surface area contributed by atoms with Crippen molar-refractivity contribution in [3.8, 4) is 0 Å². The van der Waals surface area contributed by atoms with Crippen LogP contribution in [0.1, 0.15) is 40.2 Å². The minimum absolute atomic E-state index is 0.153. The zero-order chi connectivity index (χ0) is 14.1. The molecule has 0 saturated heterocycles. The van der Waals surface area contributed by atoms with Gasteiger partial charge in [-0.15, -0.1) is 10.2 Å². The van der Waals surface area contributed by atoms with E-state index in [1.54, 1.807) is 6.07 Å². The summed E-state index contributed by atoms with van der Waals surface area (Å²) in [5.74, 6) is 0.246. The second kappa shape index (κ2) is 5.30. The van der Waals surface area contributed by atoms with Crippen LogP contribution in [0.3, 0.4) is 0 Å². The van der Waals surface area contributed by atoms with E-state index >= 15 is 0 Å². The molecule has 1 aliphatic rings. The van der Waals surface area contributed by atoms with Crippen LogP contribution in [0.15, 0.2) is 24.3 Å². The van der Waals surface area contributed by atoms with E-state index in [0.29, 0.717) is 16.6 Å². The number of nitrogens with two attached hydrogens (primary N) is 1. The maximum Gasteiger partial charge on any atom is 0.257 e. The number of benzene rings is 1. The summed E-state index contributed by atoms with van der Waals surface area (Å²) < 4.78 is 0. The van der Waals surface area contributed by atoms with Crippen LogP contribution in [0.25, 0.3) is 0 Å². The van der Waals surface area contributed by atoms with Gasteiger partial charge in [0.1, 0.15) is 5.01 Å². The van der Waals surface area contributed by atoms with Gasteiger partial charge in [-0.3, -0.25) is 10.1 Å². The first-order chi connectivity index (χ1) is 9.67. The van der Waals surface area contributed by atoms with E-state index in [2.05, 4.69) is 15.5 Å². The van der Waals surface area contributed by atoms with E-state index in [0.717, 1.165) is 23.4 Å². The number of hydrogen-bond acceptors (Lipinski definition) is 5. The molecule has 1 saturated carbocycles. The third kappa shape index (κ3) is 2.71. The van der Waals surface area contributed by atoms with Gasteiger partial charge in [-0.25, -0.2) is 0 Å². The van der Waals surface area contributed by atoms with Gasteiger partial charge in [0, 0.05) is 17.5 Å². The first kappa shape index (κ1) is 13.2. The van der Waals surface area contributed by atoms with Gasteiger partial charge in [-0.1, -0.05) is 30.4 Å². The van der Waals surface area contributed by atoms with Crippen molar-refractivity contribution in [1.82, 2.24) is 10.2 Å². The van der Waals surface area contributed by atoms with Gasteiger partial charge in [0.25, 0.3) is 5.91 Å². The Bertz CT molecular complexity index is 640. The van der Waals surface area contributed by atoms with Crippen molar-refractivity contribution in [3.63, 3.8) is 0 Å². The largest absolute Gasteiger partial charge is 0.327 e. The van der Waals surface area contributed by atoms with Crippen molar-refractivity contribution in [2.45, 2.75) is 31.7 Å². The zero-order valence-corrected chi connectivity index (χ0v) is 12.0. The van der Waals surface area contributed by atoms with Gasteiger partial charge < -0.3 is 5.73 Å². The van der Waals surface area contributed by atoms with Crippen LogP contribution in [0.2, 0.25) is 0 Å². The van der Waals surface area contributed by atoms with Crippen LogP contribution in [0, 0.1) is 0 Å². The van der Waals surface area contributed by atoms with E-state index in [-0.39, 0.29) is 11.9 Å². The summed E-state index contributed by atoms with van der Waals surface area (Å²) in [6.45, 7) is 2.01. The molecule has 0 spiro atoms. The Labute approximate surface area is 121 Å². The van der Waals surface area contributed by atoms with E-state index in [1.165, 1.54) is 11.3 Å². The van der Waals surface area contributed by atoms with Crippen LogP contribution in [-0.2, 0) is 6.42 Å². The minimum Gasteiger partial charge on any atom is -0.327 e. The Morgan fingerprint density at radius 3 is 2.95 bits per heavy atom. The second-order valence-corrected chi connectivity index (χ2v) is 6.00. The number of rotatable bonds is 4. The molecule has 20 heavy (non-hydrogen) atoms. The Morgan fingerprint density at radius 1 is 1.50 bits per heavy atom. The van der Waals surface area contributed by atoms with Gasteiger partial charge in [0.15, 0.2) is 0 Å². The van der Waals surface area contributed by atoms with Crippen LogP contribution in [-0.4, -0.2) is 22.1 Å². The number of anilines is 1. The Morgan fingerprint density at radius 2 is 2.30 bits per heavy atom. The normalized spacial score (nSPS) is 20.7. The van der Waals surface area contributed by atoms with Crippen molar-refractivity contribution >= 4 is 22.4 Å². The van der Waals surface area contributed by atoms with Crippen LogP contribution < -0.4 is 11.1 Å². The van der Waals surface area contributed by atoms with Crippen molar-refractivity contribution < 1.29 is 4.79 Å². The Kier molecular flexibility index (Phi) is 3.50. The fourth-order valence-corrected chi connectivity index (χ4v) is 2.80. The molecule has 1 fully saturated rings. The Hall–Kier alpha value is -1.79. The SMILES string of the molecule is CCc1nnc(NC(=O)c2cccc(C3CC3N)c2)s1. The molecule has 6 heteroatoms. The van der Waals surface area contributed by atoms with Crippen LogP contribution in [0.4, 0.5) is 5.13 Å². The molecular formula is C14H16N4OS. The van der Waals surface area contributed by atoms with Gasteiger partial charge in [0.05, 0.1) is 0 Å². The summed E-state index contributed by atoms with van der Waals surface area (Å²) in [5, 5.41) is 12.2. The molecule has 2 aromatic rings. The highest BCUT2D eigenvalue weighted by Crippen LogP contribution is 2.39. The number of amides is 1. The lowest BCUT2D eigenvalue weighted by Crippen LogP contribution is -2.12. The van der Waals surface area contributed by atoms with Gasteiger partial charge in [-0.2, -0.15) is 0 Å². The summed E-state index contributed by atoms with van der Waals surface area (Å²) in [5.41, 5.74) is 7.62. The summed E-state index contributed by atoms with van der Waals surface area (Å²) in [6.07, 6.45) is 1.82. The molecule has 0 radical (unpaired) electrons. The van der Waals surface area contributed by atoms with Crippen molar-refractivity contribution in [1.29, 1.82) is 0 Å². The molecule has 104 valence electrons. The van der Waals surface area contributed by atoms with Gasteiger partial charge in [0.2, 0.25) is 5.13 Å². The molecule has 0 aliphatic heterocycles. The van der Waals surface area contributed by atoms with E-state index in [9.17, 15) is 4.79 Å². The summed E-state index contributed by atoms with van der Waals surface area (Å²) in [6, 6.07) is 7.87. The third-order valence-electron chi connectivity index (χ3n) is 3.41. The number of carbonyl (C=O) groups is 1. The second-order valence-electron chi connectivity index (χ2n) is 4.94. The quantitative estimate of drug-likeness (QED) is 0.903. The first-order valence-corrected chi connectivity index (χ1v) is 7.48. The fourth-order valence-electron chi connectivity index (χ4n) is 2.12. The zero-order valence-electron chi connectivity index (χ0n) is 11.2. The molecule has 1 aliphatic carbocycles. The smallest absolute Gasteiger partial charge is 0.257 e. The molecule has 0 bridgehead atoms. The highest BCUT2D eigenvalue weighted by atomic mass is 32.1. The molecule has 3 N–H and O–H groups in total. The van der Waals surface area contributed by atoms with E-state index < -0.39 is 0 Å². The number of aryl methyl sites for hydroxylation is 1. The molecule has 1 amide bonds. The fraction of sp³-hybridized carbons (Fsp3) is 0.357. The van der Waals surface area contributed by atoms with E-state index in [4.69, 9.17) is 5.73 Å². The predicted molar refractivity (Wildman–Crippen MR) is 79.0 cm³/mol. The summed E-state index contributed by atoms with van der Waals surface area (Å²) >= 11 is 1.40. The van der Waals surface area contributed by atoms with Crippen molar-refractivity contribution in [3.05, 3.63) is 40.4 Å². The summed E-state index contributed by atoms with van der Waals surface area (Å²) in [4.78, 5) is 12.2. The maximum absolute atomic E-state index is 12.2. The highest BCUT2D eigenvalue weighted by Gasteiger charge is 2.34. The molecular weight excluding hydrogens is 272 g/mol. The molecule has 2 atom stereocenters. The number of carbonyl (C=O) groups excluding carboxylic acids is 1. The minimum atomic E-state index is -0.153. The molecule has 2 unspecified atom stereocenters. The molecule has 1 heterocycles. The first-order valence-electron chi connectivity index (χ1n) is 6.66. The molecule has 3 rings (SSSR count). The standard InChI is InChI=1S/C14H16N4OS/c1-2-12-17-18-14(20-12)16-13(19)9-5-3-4-8(6-9)10-7-11(10)15/h3-6,10-11H,2,7,15H2,1H3,(H,16,18,19). The number of nitrogens with zero attached hydrogens (tertiary/aromatic N) is 2. The van der Waals surface area contributed by atoms with Gasteiger partial charge >= 0.3 is 0 Å². The lowest BCUT2D eigenvalue weighted by molar-refractivity contribution is 0.102.